The summed E-state index contributed by atoms with van der Waals surface area (Å²) < 4.78 is 8.06. The van der Waals surface area contributed by atoms with Gasteiger partial charge in [0.2, 0.25) is 0 Å². The molecule has 0 saturated heterocycles. The quantitative estimate of drug-likeness (QED) is 0.582. The van der Waals surface area contributed by atoms with Crippen LogP contribution in [0, 0.1) is 0 Å². The van der Waals surface area contributed by atoms with E-state index in [2.05, 4.69) is 42.7 Å². The first-order valence-corrected chi connectivity index (χ1v) is 13.8. The van der Waals surface area contributed by atoms with Gasteiger partial charge in [0.15, 0.2) is 0 Å². The Morgan fingerprint density at radius 1 is 1.06 bits per heavy atom. The van der Waals surface area contributed by atoms with E-state index in [1.165, 1.54) is 35.1 Å². The van der Waals surface area contributed by atoms with Crippen molar-refractivity contribution in [1.29, 1.82) is 0 Å². The van der Waals surface area contributed by atoms with E-state index in [1.54, 1.807) is 8.87 Å². The summed E-state index contributed by atoms with van der Waals surface area (Å²) >= 11 is 2.77. The molecule has 2 rings (SSSR count). The molecule has 2 aromatic heterocycles. The van der Waals surface area contributed by atoms with Gasteiger partial charge in [0, 0.05) is 0 Å². The van der Waals surface area contributed by atoms with Crippen molar-refractivity contribution in [3.63, 3.8) is 0 Å². The van der Waals surface area contributed by atoms with E-state index in [1.807, 2.05) is 14.2 Å². The van der Waals surface area contributed by atoms with Gasteiger partial charge >= 0.3 is 121 Å². The van der Waals surface area contributed by atoms with Crippen molar-refractivity contribution < 1.29 is 0 Å². The second kappa shape index (κ2) is 7.15. The van der Waals surface area contributed by atoms with Gasteiger partial charge in [0.1, 0.15) is 0 Å². The number of unbranched alkanes of at least 4 members (excludes halogenated alkanes) is 2. The molecule has 3 heteroatoms. The topological polar surface area (TPSA) is 0 Å². The maximum absolute atomic E-state index is 2.53. The normalized spacial score (nSPS) is 11.7. The van der Waals surface area contributed by atoms with Gasteiger partial charge in [-0.05, 0) is 0 Å². The molecule has 0 nitrogen and oxygen atoms in total. The summed E-state index contributed by atoms with van der Waals surface area (Å²) in [6.07, 6.45) is 5.67. The Bertz CT molecular complexity index is 407. The molecule has 0 aliphatic rings. The van der Waals surface area contributed by atoms with E-state index in [4.69, 9.17) is 0 Å². The first-order chi connectivity index (χ1) is 8.35. The summed E-state index contributed by atoms with van der Waals surface area (Å²) in [6, 6.07) is 4.83. The fourth-order valence-corrected chi connectivity index (χ4v) is 15.5. The van der Waals surface area contributed by atoms with E-state index in [0.29, 0.717) is 0 Å². The summed E-state index contributed by atoms with van der Waals surface area (Å²) in [5.41, 5.74) is 0. The summed E-state index contributed by atoms with van der Waals surface area (Å²) in [5, 5.41) is 2.23. The monoisotopic (exact) mass is 373 g/mol. The maximum atomic E-state index is 2.53. The van der Waals surface area contributed by atoms with E-state index < -0.39 is 19.8 Å². The number of rotatable bonds is 7. The van der Waals surface area contributed by atoms with Crippen LogP contribution in [0.4, 0.5) is 0 Å². The molecule has 0 fully saturated rings. The molecule has 0 aromatic carbocycles. The van der Waals surface area contributed by atoms with Gasteiger partial charge in [0.05, 0.1) is 0 Å². The van der Waals surface area contributed by atoms with Crippen LogP contribution in [0.25, 0.3) is 9.40 Å². The zero-order chi connectivity index (χ0) is 12.1. The molecule has 0 unspecified atom stereocenters. The first kappa shape index (κ1) is 13.9. The van der Waals surface area contributed by atoms with Crippen LogP contribution in [-0.4, -0.2) is 19.8 Å². The van der Waals surface area contributed by atoms with Crippen molar-refractivity contribution in [3.8, 4) is 0 Å². The van der Waals surface area contributed by atoms with Crippen molar-refractivity contribution in [3.05, 3.63) is 17.5 Å². The van der Waals surface area contributed by atoms with Crippen LogP contribution in [0.15, 0.2) is 17.5 Å². The first-order valence-electron chi connectivity index (χ1n) is 6.67. The van der Waals surface area contributed by atoms with Gasteiger partial charge in [-0.2, -0.15) is 0 Å². The average molecular weight is 372 g/mol. The van der Waals surface area contributed by atoms with E-state index in [-0.39, 0.29) is 0 Å². The van der Waals surface area contributed by atoms with E-state index in [0.717, 1.165) is 0 Å². The van der Waals surface area contributed by atoms with E-state index in [9.17, 15) is 0 Å². The molecule has 0 saturated carbocycles. The number of fused-ring (bicyclic) bond motifs is 1. The molecule has 0 N–H and O–H groups in total. The third kappa shape index (κ3) is 3.71. The standard InChI is InChI=1S/C6H3S2.2C4H9.Sn/c1-3-7-6-2-4-8-5(1)6;2*1-3-4-2;/h1-3H;2*1,3-4H2,2H3;. The Morgan fingerprint density at radius 2 is 1.76 bits per heavy atom. The van der Waals surface area contributed by atoms with Crippen LogP contribution >= 0.6 is 22.7 Å². The van der Waals surface area contributed by atoms with Crippen LogP contribution in [0.3, 0.4) is 0 Å². The summed E-state index contributed by atoms with van der Waals surface area (Å²) in [6.45, 7) is 4.65. The Kier molecular flexibility index (Phi) is 5.84. The van der Waals surface area contributed by atoms with E-state index >= 15 is 0 Å². The molecule has 0 aliphatic carbocycles. The average Bonchev–Trinajstić information content (AvgIpc) is 2.89. The molecule has 1 radical (unpaired) electrons. The molecule has 0 atom stereocenters. The van der Waals surface area contributed by atoms with Gasteiger partial charge in [-0.1, -0.05) is 0 Å². The fourth-order valence-electron chi connectivity index (χ4n) is 2.09. The van der Waals surface area contributed by atoms with Crippen LogP contribution in [0.1, 0.15) is 39.5 Å². The second-order valence-electron chi connectivity index (χ2n) is 4.57. The van der Waals surface area contributed by atoms with Crippen molar-refractivity contribution in [2.24, 2.45) is 0 Å². The molecule has 0 amide bonds. The molecule has 0 bridgehead atoms. The van der Waals surface area contributed by atoms with Gasteiger partial charge in [-0.25, -0.2) is 0 Å². The van der Waals surface area contributed by atoms with Crippen LogP contribution < -0.4 is 2.89 Å². The minimum absolute atomic E-state index is 1.25. The van der Waals surface area contributed by atoms with Crippen molar-refractivity contribution in [2.45, 2.75) is 48.4 Å². The molecule has 17 heavy (non-hydrogen) atoms. The number of hydrogen-bond acceptors (Lipinski definition) is 2. The van der Waals surface area contributed by atoms with Crippen LogP contribution in [-0.2, 0) is 0 Å². The number of hydrogen-bond donors (Lipinski definition) is 0. The summed E-state index contributed by atoms with van der Waals surface area (Å²) in [5.74, 6) is 0. The second-order valence-corrected chi connectivity index (χ2v) is 15.5. The van der Waals surface area contributed by atoms with Gasteiger partial charge in [-0.15, -0.1) is 0 Å². The molecule has 0 aliphatic heterocycles. The minimum atomic E-state index is -1.25. The molecule has 2 aromatic rings. The molecular formula is C14H21S2Sn. The summed E-state index contributed by atoms with van der Waals surface area (Å²) in [4.78, 5) is 0. The Morgan fingerprint density at radius 3 is 2.35 bits per heavy atom. The molecule has 0 spiro atoms. The Balaban J connectivity index is 2.10. The predicted molar refractivity (Wildman–Crippen MR) is 84.5 cm³/mol. The molecule has 93 valence electrons. The molecular weight excluding hydrogens is 351 g/mol. The van der Waals surface area contributed by atoms with Gasteiger partial charge in [0.25, 0.3) is 0 Å². The molecule has 2 heterocycles. The zero-order valence-corrected chi connectivity index (χ0v) is 15.3. The van der Waals surface area contributed by atoms with Crippen LogP contribution in [0.2, 0.25) is 8.87 Å². The van der Waals surface area contributed by atoms with Crippen molar-refractivity contribution in [1.82, 2.24) is 0 Å². The number of thiophene rings is 2. The van der Waals surface area contributed by atoms with Crippen molar-refractivity contribution in [2.75, 3.05) is 0 Å². The Labute approximate surface area is 120 Å². The zero-order valence-electron chi connectivity index (χ0n) is 10.8. The third-order valence-corrected chi connectivity index (χ3v) is 15.7. The third-order valence-electron chi connectivity index (χ3n) is 3.15. The van der Waals surface area contributed by atoms with Gasteiger partial charge in [-0.3, -0.25) is 0 Å². The SMILES string of the molecule is CCC[CH2][Sn]([CH2]CCC)[c]1cc2sccc2s1. The Hall–Kier alpha value is 0.459. The van der Waals surface area contributed by atoms with Crippen molar-refractivity contribution >= 4 is 54.7 Å². The predicted octanol–water partition coefficient (Wildman–Crippen LogP) is 5.26. The van der Waals surface area contributed by atoms with Gasteiger partial charge < -0.3 is 0 Å². The van der Waals surface area contributed by atoms with Crippen LogP contribution in [0.5, 0.6) is 0 Å². The fraction of sp³-hybridized carbons (Fsp3) is 0.571. The summed E-state index contributed by atoms with van der Waals surface area (Å²) in [7, 11) is 0.